The molecule has 0 unspecified atom stereocenters. The number of hydrogen-bond donors (Lipinski definition) is 2. The number of nitrogens with one attached hydrogen (secondary N) is 1. The lowest BCUT2D eigenvalue weighted by Gasteiger charge is -2.21. The molecule has 0 aliphatic carbocycles. The van der Waals surface area contributed by atoms with Gasteiger partial charge in [-0.25, -0.2) is 0 Å². The van der Waals surface area contributed by atoms with Crippen molar-refractivity contribution in [3.63, 3.8) is 0 Å². The smallest absolute Gasteiger partial charge is 0.310 e. The zero-order valence-electron chi connectivity index (χ0n) is 7.27. The van der Waals surface area contributed by atoms with Crippen LogP contribution in [0.3, 0.4) is 0 Å². The van der Waals surface area contributed by atoms with Crippen molar-refractivity contribution < 1.29 is 19.4 Å². The lowest BCUT2D eigenvalue weighted by atomic mass is 9.77. The fourth-order valence-corrected chi connectivity index (χ4v) is 2.67. The van der Waals surface area contributed by atoms with Crippen LogP contribution >= 0.6 is 0 Å². The van der Waals surface area contributed by atoms with E-state index in [1.165, 1.54) is 0 Å². The number of carbonyl (C=O) groups excluding carboxylic acids is 1. The average molecular weight is 195 g/mol. The van der Waals surface area contributed by atoms with Crippen molar-refractivity contribution in [1.29, 1.82) is 0 Å². The maximum Gasteiger partial charge on any atom is 0.310 e. The number of amides is 1. The first-order chi connectivity index (χ1) is 6.64. The van der Waals surface area contributed by atoms with Crippen molar-refractivity contribution in [1.82, 2.24) is 5.32 Å². The summed E-state index contributed by atoms with van der Waals surface area (Å²) in [7, 11) is 0. The monoisotopic (exact) mass is 195 g/mol. The summed E-state index contributed by atoms with van der Waals surface area (Å²) < 4.78 is 5.55. The lowest BCUT2D eigenvalue weighted by molar-refractivity contribution is -0.146. The van der Waals surface area contributed by atoms with E-state index in [1.807, 2.05) is 6.08 Å². The zero-order valence-corrected chi connectivity index (χ0v) is 7.27. The number of aliphatic carboxylic acids is 1. The van der Waals surface area contributed by atoms with Gasteiger partial charge in [0.25, 0.3) is 0 Å². The minimum atomic E-state index is -0.955. The fraction of sp³-hybridized carbons (Fsp3) is 0.556. The molecular formula is C9H9NO4. The number of ether oxygens (including phenoxy) is 1. The summed E-state index contributed by atoms with van der Waals surface area (Å²) in [6, 6.07) is 0. The molecule has 3 rings (SSSR count). The summed E-state index contributed by atoms with van der Waals surface area (Å²) in [5.41, 5.74) is -0.676. The lowest BCUT2D eigenvalue weighted by Crippen LogP contribution is -2.38. The Morgan fingerprint density at radius 1 is 1.71 bits per heavy atom. The van der Waals surface area contributed by atoms with E-state index >= 15 is 0 Å². The Hall–Kier alpha value is -1.36. The highest BCUT2D eigenvalue weighted by Crippen LogP contribution is 2.49. The molecule has 5 heteroatoms. The molecule has 4 atom stereocenters. The molecule has 3 heterocycles. The molecule has 1 amide bonds. The minimum absolute atomic E-state index is 0.204. The van der Waals surface area contributed by atoms with Crippen LogP contribution in [0.5, 0.6) is 0 Å². The van der Waals surface area contributed by atoms with Crippen LogP contribution in [-0.4, -0.2) is 35.2 Å². The van der Waals surface area contributed by atoms with Gasteiger partial charge in [0, 0.05) is 0 Å². The molecule has 1 spiro atoms. The van der Waals surface area contributed by atoms with Crippen LogP contribution < -0.4 is 5.32 Å². The standard InChI is InChI=1S/C9H9NO4/c11-7-6-5(8(12)13)4-1-2-9(6,14-4)3-10-7/h1-2,4-6H,3H2,(H,10,11)(H,12,13)/t4-,5+,6-,9+/m1/s1. The molecule has 5 nitrogen and oxygen atoms in total. The number of carboxylic acid groups (broad SMARTS) is 1. The third-order valence-corrected chi connectivity index (χ3v) is 3.27. The van der Waals surface area contributed by atoms with Gasteiger partial charge in [0.05, 0.1) is 18.6 Å². The molecule has 74 valence electrons. The largest absolute Gasteiger partial charge is 0.481 e. The van der Waals surface area contributed by atoms with Gasteiger partial charge in [-0.05, 0) is 0 Å². The Morgan fingerprint density at radius 3 is 3.21 bits per heavy atom. The van der Waals surface area contributed by atoms with E-state index in [0.717, 1.165) is 0 Å². The Kier molecular flexibility index (Phi) is 1.24. The van der Waals surface area contributed by atoms with Gasteiger partial charge in [0.2, 0.25) is 5.91 Å². The van der Waals surface area contributed by atoms with E-state index in [1.54, 1.807) is 6.08 Å². The highest BCUT2D eigenvalue weighted by atomic mass is 16.5. The van der Waals surface area contributed by atoms with Crippen LogP contribution in [-0.2, 0) is 14.3 Å². The fourth-order valence-electron chi connectivity index (χ4n) is 2.67. The van der Waals surface area contributed by atoms with Gasteiger partial charge in [-0.1, -0.05) is 12.2 Å². The molecule has 14 heavy (non-hydrogen) atoms. The zero-order chi connectivity index (χ0) is 9.92. The second-order valence-corrected chi connectivity index (χ2v) is 3.96. The van der Waals surface area contributed by atoms with Crippen molar-refractivity contribution in [2.24, 2.45) is 11.8 Å². The van der Waals surface area contributed by atoms with Crippen molar-refractivity contribution in [2.45, 2.75) is 11.7 Å². The number of carboxylic acids is 1. The highest BCUT2D eigenvalue weighted by Gasteiger charge is 2.64. The first-order valence-corrected chi connectivity index (χ1v) is 4.52. The van der Waals surface area contributed by atoms with Gasteiger partial charge in [0.15, 0.2) is 0 Å². The van der Waals surface area contributed by atoms with Gasteiger partial charge in [0.1, 0.15) is 11.5 Å². The van der Waals surface area contributed by atoms with E-state index in [-0.39, 0.29) is 5.91 Å². The Morgan fingerprint density at radius 2 is 2.50 bits per heavy atom. The molecule has 0 saturated carbocycles. The summed E-state index contributed by atoms with van der Waals surface area (Å²) in [5.74, 6) is -2.43. The molecule has 2 saturated heterocycles. The van der Waals surface area contributed by atoms with Crippen LogP contribution in [0.4, 0.5) is 0 Å². The number of fused-ring (bicyclic) bond motifs is 1. The second kappa shape index (κ2) is 2.17. The summed E-state index contributed by atoms with van der Waals surface area (Å²) in [6.07, 6.45) is 3.14. The maximum absolute atomic E-state index is 11.5. The van der Waals surface area contributed by atoms with E-state index in [4.69, 9.17) is 9.84 Å². The number of hydrogen-bond acceptors (Lipinski definition) is 3. The van der Waals surface area contributed by atoms with Crippen LogP contribution in [0.15, 0.2) is 12.2 Å². The molecule has 0 aromatic heterocycles. The highest BCUT2D eigenvalue weighted by molar-refractivity contribution is 5.90. The predicted octanol–water partition coefficient (Wildman–Crippen LogP) is -0.859. The van der Waals surface area contributed by atoms with Gasteiger partial charge in [-0.15, -0.1) is 0 Å². The molecule has 0 aromatic rings. The van der Waals surface area contributed by atoms with Crippen LogP contribution in [0, 0.1) is 11.8 Å². The molecule has 2 N–H and O–H groups in total. The first kappa shape index (κ1) is 7.99. The van der Waals surface area contributed by atoms with Gasteiger partial charge >= 0.3 is 5.97 Å². The Balaban J connectivity index is 2.08. The molecule has 0 aromatic carbocycles. The molecule has 2 bridgehead atoms. The Labute approximate surface area is 79.7 Å². The van der Waals surface area contributed by atoms with Crippen molar-refractivity contribution >= 4 is 11.9 Å². The SMILES string of the molecule is O=C(O)[C@H]1[C@H]2C=C[C@@]3(CNC(=O)[C@@H]13)O2. The maximum atomic E-state index is 11.5. The van der Waals surface area contributed by atoms with Crippen LogP contribution in [0.1, 0.15) is 0 Å². The summed E-state index contributed by atoms with van der Waals surface area (Å²) in [6.45, 7) is 0.396. The second-order valence-electron chi connectivity index (χ2n) is 3.96. The Bertz CT molecular complexity index is 364. The topological polar surface area (TPSA) is 75.6 Å². The van der Waals surface area contributed by atoms with Crippen LogP contribution in [0.2, 0.25) is 0 Å². The van der Waals surface area contributed by atoms with Gasteiger partial charge in [-0.3, -0.25) is 9.59 Å². The first-order valence-electron chi connectivity index (χ1n) is 4.52. The van der Waals surface area contributed by atoms with Crippen molar-refractivity contribution in [3.8, 4) is 0 Å². The minimum Gasteiger partial charge on any atom is -0.481 e. The van der Waals surface area contributed by atoms with Crippen molar-refractivity contribution in [3.05, 3.63) is 12.2 Å². The third kappa shape index (κ3) is 0.698. The average Bonchev–Trinajstić information content (AvgIpc) is 2.75. The van der Waals surface area contributed by atoms with Crippen molar-refractivity contribution in [2.75, 3.05) is 6.54 Å². The number of rotatable bonds is 1. The molecule has 2 fully saturated rings. The van der Waals surface area contributed by atoms with E-state index in [0.29, 0.717) is 6.54 Å². The van der Waals surface area contributed by atoms with E-state index in [9.17, 15) is 9.59 Å². The predicted molar refractivity (Wildman–Crippen MR) is 44.4 cm³/mol. The summed E-state index contributed by atoms with van der Waals surface area (Å²) in [4.78, 5) is 22.4. The van der Waals surface area contributed by atoms with Crippen LogP contribution in [0.25, 0.3) is 0 Å². The number of carbonyl (C=O) groups is 2. The molecule has 3 aliphatic heterocycles. The van der Waals surface area contributed by atoms with E-state index in [2.05, 4.69) is 5.32 Å². The van der Waals surface area contributed by atoms with E-state index < -0.39 is 29.5 Å². The van der Waals surface area contributed by atoms with Gasteiger partial charge in [-0.2, -0.15) is 0 Å². The van der Waals surface area contributed by atoms with Gasteiger partial charge < -0.3 is 15.2 Å². The molecule has 0 radical (unpaired) electrons. The molecule has 3 aliphatic rings. The summed E-state index contributed by atoms with van der Waals surface area (Å²) >= 11 is 0. The summed E-state index contributed by atoms with van der Waals surface area (Å²) in [5, 5.41) is 11.6. The normalized spacial score (nSPS) is 48.0. The third-order valence-electron chi connectivity index (χ3n) is 3.27. The molecular weight excluding hydrogens is 186 g/mol. The quantitative estimate of drug-likeness (QED) is 0.534.